The Hall–Kier alpha value is -6.80. The van der Waals surface area contributed by atoms with Crippen LogP contribution in [0.1, 0.15) is 23.1 Å². The Labute approximate surface area is 352 Å². The molecule has 0 saturated heterocycles. The zero-order valence-corrected chi connectivity index (χ0v) is 35.2. The maximum absolute atomic E-state index is 12.0. The summed E-state index contributed by atoms with van der Waals surface area (Å²) < 4.78 is 81.8. The van der Waals surface area contributed by atoms with Gasteiger partial charge in [-0.2, -0.15) is 32.2 Å². The first-order valence-electron chi connectivity index (χ1n) is 18.4. The topological polar surface area (TPSA) is 243 Å². The average Bonchev–Trinajstić information content (AvgIpc) is 3.22. The third kappa shape index (κ3) is 11.3. The SMILES string of the molecule is COc1ccc(Nc2ccc3c(O)c(N=Nc4cc(C)c(N=Nc5cc(C)c(N=Nc6ccc(OC)cc6S(=O)(=O)O)cc5OCCCS(=O)(=O)O)cc4C)ccc3c2)cc1. The summed E-state index contributed by atoms with van der Waals surface area (Å²) in [7, 11) is -5.96. The van der Waals surface area contributed by atoms with Gasteiger partial charge in [-0.1, -0.05) is 6.07 Å². The normalized spacial score (nSPS) is 12.2. The molecule has 0 spiro atoms. The van der Waals surface area contributed by atoms with Crippen LogP contribution in [-0.2, 0) is 20.2 Å². The van der Waals surface area contributed by atoms with Gasteiger partial charge < -0.3 is 24.6 Å². The molecule has 0 aliphatic rings. The van der Waals surface area contributed by atoms with Gasteiger partial charge in [-0.05, 0) is 128 Å². The number of nitrogens with zero attached hydrogens (tertiary/aromatic N) is 6. The molecule has 0 heterocycles. The lowest BCUT2D eigenvalue weighted by Gasteiger charge is -2.11. The predicted molar refractivity (Wildman–Crippen MR) is 231 cm³/mol. The first kappa shape index (κ1) is 43.8. The predicted octanol–water partition coefficient (Wildman–Crippen LogP) is 11.4. The van der Waals surface area contributed by atoms with E-state index in [1.807, 2.05) is 62.4 Å². The highest BCUT2D eigenvalue weighted by atomic mass is 32.2. The number of nitrogens with one attached hydrogen (secondary N) is 1. The van der Waals surface area contributed by atoms with Crippen molar-refractivity contribution in [2.45, 2.75) is 32.1 Å². The number of aromatic hydroxyl groups is 1. The van der Waals surface area contributed by atoms with E-state index in [2.05, 4.69) is 36.0 Å². The number of benzene rings is 6. The lowest BCUT2D eigenvalue weighted by Crippen LogP contribution is -2.08. The molecule has 0 bridgehead atoms. The third-order valence-corrected chi connectivity index (χ3v) is 10.9. The average molecular weight is 868 g/mol. The molecule has 0 aliphatic carbocycles. The zero-order chi connectivity index (χ0) is 43.9. The van der Waals surface area contributed by atoms with Crippen LogP contribution in [0, 0.1) is 20.8 Å². The highest BCUT2D eigenvalue weighted by Crippen LogP contribution is 2.40. The van der Waals surface area contributed by atoms with Gasteiger partial charge in [-0.25, -0.2) is 0 Å². The first-order chi connectivity index (χ1) is 29.0. The van der Waals surface area contributed by atoms with Crippen LogP contribution in [0.5, 0.6) is 23.0 Å². The second kappa shape index (κ2) is 18.6. The summed E-state index contributed by atoms with van der Waals surface area (Å²) in [5, 5.41) is 41.8. The van der Waals surface area contributed by atoms with Crippen molar-refractivity contribution in [1.29, 1.82) is 0 Å². The van der Waals surface area contributed by atoms with E-state index in [0.29, 0.717) is 33.5 Å². The van der Waals surface area contributed by atoms with Crippen molar-refractivity contribution < 1.29 is 45.3 Å². The van der Waals surface area contributed by atoms with Crippen molar-refractivity contribution in [2.75, 3.05) is 31.9 Å². The minimum atomic E-state index is -4.68. The molecule has 0 saturated carbocycles. The number of fused-ring (bicyclic) bond motifs is 1. The molecule has 6 aromatic rings. The van der Waals surface area contributed by atoms with Crippen molar-refractivity contribution in [2.24, 2.45) is 30.7 Å². The van der Waals surface area contributed by atoms with Gasteiger partial charge in [0.25, 0.3) is 20.2 Å². The lowest BCUT2D eigenvalue weighted by atomic mass is 10.1. The van der Waals surface area contributed by atoms with Gasteiger partial charge in [-0.3, -0.25) is 9.11 Å². The van der Waals surface area contributed by atoms with Crippen LogP contribution in [0.3, 0.4) is 0 Å². The Balaban J connectivity index is 1.23. The Morgan fingerprint density at radius 1 is 0.574 bits per heavy atom. The van der Waals surface area contributed by atoms with Crippen molar-refractivity contribution in [3.63, 3.8) is 0 Å². The quantitative estimate of drug-likeness (QED) is 0.0405. The highest BCUT2D eigenvalue weighted by molar-refractivity contribution is 7.86. The number of anilines is 2. The fourth-order valence-corrected chi connectivity index (χ4v) is 7.04. The number of rotatable bonds is 16. The molecule has 0 amide bonds. The maximum atomic E-state index is 12.0. The van der Waals surface area contributed by atoms with Crippen LogP contribution in [0.4, 0.5) is 45.5 Å². The standard InChI is InChI=1S/C42H41N7O10S2/c1-25-20-37(26(2)19-36(25)46-45-35-15-7-28-22-30(10-14-33(28)42(35)50)43-29-8-11-31(57-4)12-9-29)47-49-39-21-27(3)38(24-40(39)59-17-6-18-60(51,52)53)48-44-34-16-13-32(58-5)23-41(34)61(54,55)56/h7-16,19-24,43,50H,6,17-18H2,1-5H3,(H,51,52,53)(H,54,55,56). The minimum Gasteiger partial charge on any atom is -0.505 e. The zero-order valence-electron chi connectivity index (χ0n) is 33.6. The summed E-state index contributed by atoms with van der Waals surface area (Å²) in [6.45, 7) is 5.22. The van der Waals surface area contributed by atoms with E-state index < -0.39 is 30.9 Å². The summed E-state index contributed by atoms with van der Waals surface area (Å²) in [4.78, 5) is -0.515. The molecule has 4 N–H and O–H groups in total. The largest absolute Gasteiger partial charge is 0.505 e. The first-order valence-corrected chi connectivity index (χ1v) is 21.5. The number of azo groups is 3. The molecule has 0 radical (unpaired) electrons. The molecule has 17 nitrogen and oxygen atoms in total. The lowest BCUT2D eigenvalue weighted by molar-refractivity contribution is 0.317. The molecule has 6 rings (SSSR count). The molecular formula is C42H41N7O10S2. The summed E-state index contributed by atoms with van der Waals surface area (Å²) in [6, 6.07) is 27.2. The van der Waals surface area contributed by atoms with Crippen molar-refractivity contribution in [3.8, 4) is 23.0 Å². The molecule has 0 aliphatic heterocycles. The van der Waals surface area contributed by atoms with Gasteiger partial charge in [0.05, 0.1) is 43.6 Å². The van der Waals surface area contributed by atoms with E-state index in [4.69, 9.17) is 14.2 Å². The van der Waals surface area contributed by atoms with Crippen LogP contribution in [0.25, 0.3) is 10.8 Å². The van der Waals surface area contributed by atoms with Gasteiger partial charge in [0.1, 0.15) is 39.2 Å². The molecule has 19 heteroatoms. The highest BCUT2D eigenvalue weighted by Gasteiger charge is 2.18. The number of hydrogen-bond acceptors (Lipinski definition) is 15. The molecule has 6 aromatic carbocycles. The maximum Gasteiger partial charge on any atom is 0.296 e. The molecule has 316 valence electrons. The smallest absolute Gasteiger partial charge is 0.296 e. The summed E-state index contributed by atoms with van der Waals surface area (Å²) in [5.74, 6) is 0.526. The van der Waals surface area contributed by atoms with Crippen LogP contribution >= 0.6 is 0 Å². The van der Waals surface area contributed by atoms with Crippen molar-refractivity contribution in [3.05, 3.63) is 114 Å². The number of hydrogen-bond donors (Lipinski definition) is 4. The number of phenolic OH excluding ortho intramolecular Hbond substituents is 1. The molecule has 0 atom stereocenters. The Morgan fingerprint density at radius 2 is 1.10 bits per heavy atom. The molecule has 61 heavy (non-hydrogen) atoms. The van der Waals surface area contributed by atoms with Crippen LogP contribution < -0.4 is 19.5 Å². The van der Waals surface area contributed by atoms with Gasteiger partial charge in [0.15, 0.2) is 5.75 Å². The van der Waals surface area contributed by atoms with Crippen molar-refractivity contribution >= 4 is 76.5 Å². The second-order valence-electron chi connectivity index (χ2n) is 13.7. The Bertz CT molecular complexity index is 2920. The van der Waals surface area contributed by atoms with Crippen LogP contribution in [0.15, 0.2) is 133 Å². The number of ether oxygens (including phenoxy) is 3. The number of phenols is 1. The van der Waals surface area contributed by atoms with E-state index in [-0.39, 0.29) is 53.0 Å². The summed E-state index contributed by atoms with van der Waals surface area (Å²) in [5.41, 5.74) is 5.35. The monoisotopic (exact) mass is 867 g/mol. The minimum absolute atomic E-state index is 0.0144. The Kier molecular flexibility index (Phi) is 13.4. The van der Waals surface area contributed by atoms with Crippen LogP contribution in [0.2, 0.25) is 0 Å². The summed E-state index contributed by atoms with van der Waals surface area (Å²) >= 11 is 0. The van der Waals surface area contributed by atoms with Gasteiger partial charge in [0.2, 0.25) is 0 Å². The Morgan fingerprint density at radius 3 is 1.70 bits per heavy atom. The molecule has 0 unspecified atom stereocenters. The van der Waals surface area contributed by atoms with E-state index in [1.54, 1.807) is 38.3 Å². The number of methoxy groups -OCH3 is 2. The van der Waals surface area contributed by atoms with Gasteiger partial charge in [-0.15, -0.1) is 15.3 Å². The molecule has 0 aromatic heterocycles. The third-order valence-electron chi connectivity index (χ3n) is 9.19. The second-order valence-corrected chi connectivity index (χ2v) is 16.6. The van der Waals surface area contributed by atoms with Crippen LogP contribution in [-0.4, -0.2) is 57.6 Å². The molecule has 0 fully saturated rings. The summed E-state index contributed by atoms with van der Waals surface area (Å²) in [6.07, 6.45) is -0.0429. The fourth-order valence-electron chi connectivity index (χ4n) is 5.92. The van der Waals surface area contributed by atoms with Gasteiger partial charge in [0, 0.05) is 28.9 Å². The fraction of sp³-hybridized carbons (Fsp3) is 0.190. The number of aryl methyl sites for hydroxylation is 3. The van der Waals surface area contributed by atoms with Crippen molar-refractivity contribution in [1.82, 2.24) is 0 Å². The van der Waals surface area contributed by atoms with E-state index in [9.17, 15) is 31.0 Å². The van der Waals surface area contributed by atoms with E-state index in [1.165, 1.54) is 25.3 Å². The van der Waals surface area contributed by atoms with E-state index in [0.717, 1.165) is 28.6 Å². The van der Waals surface area contributed by atoms with Gasteiger partial charge >= 0.3 is 0 Å². The molecular weight excluding hydrogens is 827 g/mol. The van der Waals surface area contributed by atoms with E-state index >= 15 is 0 Å².